The first-order chi connectivity index (χ1) is 30.7. The van der Waals surface area contributed by atoms with Crippen LogP contribution in [0.3, 0.4) is 0 Å². The van der Waals surface area contributed by atoms with Crippen LogP contribution in [0.25, 0.3) is 38.8 Å². The molecule has 3 aliphatic heterocycles. The van der Waals surface area contributed by atoms with Crippen LogP contribution < -0.4 is 14.5 Å². The molecule has 0 spiro atoms. The van der Waals surface area contributed by atoms with Crippen LogP contribution in [-0.2, 0) is 5.41 Å². The summed E-state index contributed by atoms with van der Waals surface area (Å²) in [6.45, 7) is 11.7. The number of fused-ring (bicyclic) bond motifs is 5. The number of benzene rings is 6. The molecule has 63 heavy (non-hydrogen) atoms. The molecule has 0 saturated heterocycles. The van der Waals surface area contributed by atoms with Gasteiger partial charge in [0.05, 0.1) is 22.4 Å². The molecule has 0 aliphatic carbocycles. The minimum absolute atomic E-state index is 0.00795. The highest BCUT2D eigenvalue weighted by Gasteiger charge is 2.37. The van der Waals surface area contributed by atoms with Crippen LogP contribution in [0, 0.1) is 13.8 Å². The summed E-state index contributed by atoms with van der Waals surface area (Å²) in [5.41, 5.74) is 14.0. The van der Waals surface area contributed by atoms with Gasteiger partial charge in [-0.15, -0.1) is 0 Å². The highest BCUT2D eigenvalue weighted by atomic mass is 16.5. The van der Waals surface area contributed by atoms with E-state index in [1.54, 1.807) is 0 Å². The van der Waals surface area contributed by atoms with Crippen LogP contribution in [0.15, 0.2) is 194 Å². The lowest BCUT2D eigenvalue weighted by atomic mass is 9.56. The fraction of sp³-hybridized carbons (Fsp3) is 0.125. The molecule has 11 rings (SSSR count). The number of pyridine rings is 1. The highest BCUT2D eigenvalue weighted by molar-refractivity contribution is 6.68. The molecule has 0 bridgehead atoms. The summed E-state index contributed by atoms with van der Waals surface area (Å²) in [4.78, 5) is 12.2. The Morgan fingerprint density at radius 1 is 0.603 bits per heavy atom. The second kappa shape index (κ2) is 15.1. The van der Waals surface area contributed by atoms with Gasteiger partial charge in [-0.25, -0.2) is 4.98 Å². The minimum atomic E-state index is -0.00795. The summed E-state index contributed by atoms with van der Waals surface area (Å²) in [7, 11) is 0. The topological polar surface area (TPSA) is 36.8 Å². The van der Waals surface area contributed by atoms with Gasteiger partial charge < -0.3 is 19.3 Å². The third-order valence-corrected chi connectivity index (χ3v) is 12.6. The summed E-state index contributed by atoms with van der Waals surface area (Å²) in [5, 5.41) is 2.34. The molecular weight excluding hydrogens is 769 g/mol. The van der Waals surface area contributed by atoms with Crippen molar-refractivity contribution in [2.75, 3.05) is 16.5 Å². The van der Waals surface area contributed by atoms with Crippen LogP contribution in [0.5, 0.6) is 11.5 Å². The number of allylic oxidation sites excluding steroid dienone is 4. The van der Waals surface area contributed by atoms with E-state index in [4.69, 9.17) is 9.72 Å². The quantitative estimate of drug-likeness (QED) is 0.150. The fourth-order valence-electron chi connectivity index (χ4n) is 9.24. The van der Waals surface area contributed by atoms with Crippen LogP contribution in [0.2, 0.25) is 0 Å². The van der Waals surface area contributed by atoms with E-state index in [1.807, 2.05) is 12.3 Å². The first kappa shape index (κ1) is 38.4. The van der Waals surface area contributed by atoms with E-state index in [0.717, 1.165) is 56.6 Å². The van der Waals surface area contributed by atoms with Crippen LogP contribution >= 0.6 is 0 Å². The molecule has 0 amide bonds. The molecule has 7 heteroatoms. The molecule has 3 aliphatic rings. The van der Waals surface area contributed by atoms with Gasteiger partial charge in [-0.3, -0.25) is 4.57 Å². The van der Waals surface area contributed by atoms with Gasteiger partial charge in [-0.2, -0.15) is 0 Å². The smallest absolute Gasteiger partial charge is 0.314 e. The number of hydrogen-bond donors (Lipinski definition) is 0. The number of aromatic nitrogens is 2. The second-order valence-corrected chi connectivity index (χ2v) is 17.9. The van der Waals surface area contributed by atoms with E-state index < -0.39 is 0 Å². The van der Waals surface area contributed by atoms with Crippen molar-refractivity contribution in [1.82, 2.24) is 14.4 Å². The fourth-order valence-corrected chi connectivity index (χ4v) is 9.24. The molecule has 0 unspecified atom stereocenters. The van der Waals surface area contributed by atoms with Crippen molar-refractivity contribution in [1.29, 1.82) is 0 Å². The molecule has 0 atom stereocenters. The maximum absolute atomic E-state index is 6.78. The van der Waals surface area contributed by atoms with Gasteiger partial charge in [0.25, 0.3) is 0 Å². The van der Waals surface area contributed by atoms with E-state index in [1.165, 1.54) is 44.3 Å². The van der Waals surface area contributed by atoms with E-state index in [0.29, 0.717) is 6.67 Å². The largest absolute Gasteiger partial charge is 0.457 e. The number of hydrogen-bond acceptors (Lipinski definition) is 5. The Balaban J connectivity index is 0.967. The Morgan fingerprint density at radius 3 is 2.06 bits per heavy atom. The number of nitrogens with zero attached hydrogens (tertiary/aromatic N) is 5. The summed E-state index contributed by atoms with van der Waals surface area (Å²) < 4.78 is 9.05. The number of rotatable bonds is 7. The number of para-hydroxylation sites is 3. The Morgan fingerprint density at radius 2 is 1.29 bits per heavy atom. The monoisotopic (exact) mass is 817 g/mol. The summed E-state index contributed by atoms with van der Waals surface area (Å²) in [6, 6.07) is 54.2. The molecule has 8 aromatic rings. The maximum atomic E-state index is 6.78. The predicted octanol–water partition coefficient (Wildman–Crippen LogP) is 13.7. The van der Waals surface area contributed by atoms with Crippen molar-refractivity contribution < 1.29 is 4.74 Å². The lowest BCUT2D eigenvalue weighted by molar-refractivity contribution is 0.483. The van der Waals surface area contributed by atoms with Crippen molar-refractivity contribution in [3.8, 4) is 17.3 Å². The van der Waals surface area contributed by atoms with Crippen molar-refractivity contribution in [2.24, 2.45) is 0 Å². The Hall–Kier alpha value is -7.51. The molecule has 2 aromatic heterocycles. The molecule has 5 heterocycles. The van der Waals surface area contributed by atoms with Crippen molar-refractivity contribution in [3.63, 3.8) is 0 Å². The van der Waals surface area contributed by atoms with Crippen LogP contribution in [0.1, 0.15) is 48.6 Å². The molecule has 306 valence electrons. The highest BCUT2D eigenvalue weighted by Crippen LogP contribution is 2.47. The Labute approximate surface area is 370 Å². The zero-order valence-corrected chi connectivity index (χ0v) is 36.3. The molecule has 6 aromatic carbocycles. The predicted molar refractivity (Wildman–Crippen MR) is 263 cm³/mol. The van der Waals surface area contributed by atoms with Crippen molar-refractivity contribution >= 4 is 56.9 Å². The number of anilines is 3. The SMILES string of the molecule is Cc1ccc(C2=CN3B(C=C2)C=CC(c2ccc(C)cc2)=C3N2CN(c3cccc(Oc4ccc5c6ccccc6n(-c6cc(C(C)(C)C)ccn6)c5c4)c3)c3ccccc32)cc1. The normalized spacial score (nSPS) is 14.8. The van der Waals surface area contributed by atoms with E-state index >= 15 is 0 Å². The average Bonchev–Trinajstić information content (AvgIpc) is 3.85. The number of ether oxygens (including phenoxy) is 1. The van der Waals surface area contributed by atoms with E-state index in [9.17, 15) is 0 Å². The third-order valence-electron chi connectivity index (χ3n) is 12.6. The van der Waals surface area contributed by atoms with Gasteiger partial charge in [-0.05, 0) is 96.1 Å². The zero-order chi connectivity index (χ0) is 42.8. The maximum Gasteiger partial charge on any atom is 0.314 e. The number of aryl methyl sites for hydroxylation is 2. The van der Waals surface area contributed by atoms with E-state index in [-0.39, 0.29) is 12.3 Å². The minimum Gasteiger partial charge on any atom is -0.457 e. The van der Waals surface area contributed by atoms with Gasteiger partial charge >= 0.3 is 6.85 Å². The van der Waals surface area contributed by atoms with Gasteiger partial charge in [0.1, 0.15) is 29.8 Å². The molecule has 6 nitrogen and oxygen atoms in total. The lowest BCUT2D eigenvalue weighted by Gasteiger charge is -2.40. The van der Waals surface area contributed by atoms with Crippen LogP contribution in [0.4, 0.5) is 17.1 Å². The molecule has 0 fully saturated rings. The molecule has 0 radical (unpaired) electrons. The van der Waals surface area contributed by atoms with Gasteiger partial charge in [0, 0.05) is 46.6 Å². The summed E-state index contributed by atoms with van der Waals surface area (Å²) >= 11 is 0. The van der Waals surface area contributed by atoms with Crippen molar-refractivity contribution in [2.45, 2.75) is 40.0 Å². The van der Waals surface area contributed by atoms with E-state index in [2.05, 4.69) is 230 Å². The Kier molecular flexibility index (Phi) is 9.23. The van der Waals surface area contributed by atoms with Gasteiger partial charge in [0.15, 0.2) is 0 Å². The lowest BCUT2D eigenvalue weighted by Crippen LogP contribution is -2.44. The van der Waals surface area contributed by atoms with Crippen LogP contribution in [-0.4, -0.2) is 27.9 Å². The van der Waals surface area contributed by atoms with Crippen molar-refractivity contribution in [3.05, 3.63) is 222 Å². The Bertz CT molecular complexity index is 3200. The zero-order valence-electron chi connectivity index (χ0n) is 36.3. The van der Waals surface area contributed by atoms with Gasteiger partial charge in [0.2, 0.25) is 0 Å². The first-order valence-electron chi connectivity index (χ1n) is 21.8. The standard InChI is InChI=1S/C56H48BN5O/c1-38-17-21-40(22-18-38)42-27-30-57-31-28-47(41-23-19-39(2)20-24-41)55(61(57)36-42)60-37-59(51-15-8-9-16-52(51)60)44-11-10-12-45(34-44)63-46-25-26-49-48-13-6-7-14-50(48)62(53(49)35-46)54-33-43(29-32-58-54)56(3,4)5/h6-36H,37H2,1-5H3. The first-order valence-corrected chi connectivity index (χ1v) is 21.8. The summed E-state index contributed by atoms with van der Waals surface area (Å²) in [5.74, 6) is 8.21. The molecule has 0 N–H and O–H groups in total. The molecule has 0 saturated carbocycles. The second-order valence-electron chi connectivity index (χ2n) is 17.9. The van der Waals surface area contributed by atoms with Gasteiger partial charge in [-0.1, -0.05) is 141 Å². The third kappa shape index (κ3) is 6.90. The molecular formula is C56H48BN5O. The summed E-state index contributed by atoms with van der Waals surface area (Å²) in [6.07, 6.45) is 8.82. The average molecular weight is 818 g/mol.